The molecular weight excluding hydrogens is 400 g/mol. The summed E-state index contributed by atoms with van der Waals surface area (Å²) < 4.78 is 5.25. The van der Waals surface area contributed by atoms with Crippen molar-refractivity contribution in [1.82, 2.24) is 4.90 Å². The number of halogens is 1. The summed E-state index contributed by atoms with van der Waals surface area (Å²) in [5.41, 5.74) is 2.99. The summed E-state index contributed by atoms with van der Waals surface area (Å²) in [6, 6.07) is 12.6. The zero-order valence-electron chi connectivity index (χ0n) is 17.4. The van der Waals surface area contributed by atoms with E-state index in [2.05, 4.69) is 11.8 Å². The summed E-state index contributed by atoms with van der Waals surface area (Å²) in [5, 5.41) is 0.488. The lowest BCUT2D eigenvalue weighted by Crippen LogP contribution is -2.39. The van der Waals surface area contributed by atoms with Gasteiger partial charge in [-0.25, -0.2) is 4.90 Å². The molecule has 0 radical (unpaired) electrons. The van der Waals surface area contributed by atoms with Gasteiger partial charge in [-0.2, -0.15) is 0 Å². The van der Waals surface area contributed by atoms with Crippen molar-refractivity contribution in [3.05, 3.63) is 64.3 Å². The molecule has 0 aromatic heterocycles. The van der Waals surface area contributed by atoms with Crippen LogP contribution in [0.5, 0.6) is 5.75 Å². The van der Waals surface area contributed by atoms with Crippen LogP contribution in [0.2, 0.25) is 5.02 Å². The normalized spacial score (nSPS) is 19.7. The molecule has 1 fully saturated rings. The highest BCUT2D eigenvalue weighted by Gasteiger charge is 2.43. The fourth-order valence-corrected chi connectivity index (χ4v) is 4.43. The van der Waals surface area contributed by atoms with Gasteiger partial charge >= 0.3 is 0 Å². The summed E-state index contributed by atoms with van der Waals surface area (Å²) in [5.74, 6) is 0.564. The molecule has 6 heteroatoms. The van der Waals surface area contributed by atoms with Crippen LogP contribution in [0.25, 0.3) is 5.57 Å². The van der Waals surface area contributed by atoms with Crippen molar-refractivity contribution in [2.45, 2.75) is 26.7 Å². The third-order valence-corrected chi connectivity index (χ3v) is 6.06. The number of aryl methyl sites for hydroxylation is 1. The summed E-state index contributed by atoms with van der Waals surface area (Å²) in [6.45, 7) is 5.58. The maximum atomic E-state index is 13.6. The van der Waals surface area contributed by atoms with Crippen molar-refractivity contribution in [2.24, 2.45) is 5.92 Å². The number of hydrogen-bond donors (Lipinski definition) is 0. The topological polar surface area (TPSA) is 49.9 Å². The summed E-state index contributed by atoms with van der Waals surface area (Å²) in [7, 11) is 1.60. The van der Waals surface area contributed by atoms with Gasteiger partial charge in [-0.05, 0) is 61.1 Å². The first-order chi connectivity index (χ1) is 14.4. The lowest BCUT2D eigenvalue weighted by atomic mass is 9.98. The van der Waals surface area contributed by atoms with Gasteiger partial charge in [0.15, 0.2) is 0 Å². The number of carbonyl (C=O) groups is 2. The van der Waals surface area contributed by atoms with E-state index in [9.17, 15) is 9.59 Å². The van der Waals surface area contributed by atoms with Gasteiger partial charge in [0.05, 0.1) is 18.4 Å². The zero-order valence-corrected chi connectivity index (χ0v) is 18.2. The molecular formula is C24H25ClN2O3. The van der Waals surface area contributed by atoms with E-state index < -0.39 is 0 Å². The van der Waals surface area contributed by atoms with E-state index in [0.717, 1.165) is 31.5 Å². The summed E-state index contributed by atoms with van der Waals surface area (Å²) in [4.78, 5) is 30.6. The molecule has 2 aromatic rings. The van der Waals surface area contributed by atoms with Crippen LogP contribution >= 0.6 is 11.6 Å². The predicted molar refractivity (Wildman–Crippen MR) is 119 cm³/mol. The third-order valence-electron chi connectivity index (χ3n) is 5.82. The number of piperidine rings is 1. The lowest BCUT2D eigenvalue weighted by Gasteiger charge is -2.33. The van der Waals surface area contributed by atoms with Gasteiger partial charge in [-0.3, -0.25) is 9.59 Å². The van der Waals surface area contributed by atoms with E-state index in [4.69, 9.17) is 16.3 Å². The van der Waals surface area contributed by atoms with Crippen LogP contribution in [0.15, 0.2) is 48.2 Å². The second kappa shape index (κ2) is 8.15. The smallest absolute Gasteiger partial charge is 0.282 e. The Kier molecular flexibility index (Phi) is 5.56. The number of amides is 2. The van der Waals surface area contributed by atoms with Crippen LogP contribution in [0.4, 0.5) is 5.69 Å². The Bertz CT molecular complexity index is 1030. The average molecular weight is 425 g/mol. The van der Waals surface area contributed by atoms with Crippen molar-refractivity contribution in [1.29, 1.82) is 0 Å². The number of anilines is 1. The van der Waals surface area contributed by atoms with Crippen LogP contribution in [0.3, 0.4) is 0 Å². The van der Waals surface area contributed by atoms with Gasteiger partial charge < -0.3 is 9.64 Å². The fourth-order valence-electron chi connectivity index (χ4n) is 4.26. The van der Waals surface area contributed by atoms with E-state index in [1.165, 1.54) is 4.90 Å². The zero-order chi connectivity index (χ0) is 21.4. The predicted octanol–water partition coefficient (Wildman–Crippen LogP) is 4.67. The molecule has 2 aromatic carbocycles. The monoisotopic (exact) mass is 424 g/mol. The summed E-state index contributed by atoms with van der Waals surface area (Å²) in [6.07, 6.45) is 2.12. The Balaban J connectivity index is 1.84. The van der Waals surface area contributed by atoms with E-state index >= 15 is 0 Å². The Morgan fingerprint density at radius 3 is 2.47 bits per heavy atom. The largest absolute Gasteiger partial charge is 0.497 e. The van der Waals surface area contributed by atoms with Crippen molar-refractivity contribution in [2.75, 3.05) is 25.1 Å². The highest BCUT2D eigenvalue weighted by Crippen LogP contribution is 2.38. The Labute approximate surface area is 181 Å². The minimum atomic E-state index is -0.316. The molecule has 2 aliphatic rings. The maximum Gasteiger partial charge on any atom is 0.282 e. The minimum Gasteiger partial charge on any atom is -0.497 e. The number of benzene rings is 2. The van der Waals surface area contributed by atoms with Gasteiger partial charge in [-0.1, -0.05) is 36.7 Å². The molecule has 0 aliphatic carbocycles. The first kappa shape index (κ1) is 20.5. The minimum absolute atomic E-state index is 0.287. The molecule has 1 saturated heterocycles. The molecule has 1 unspecified atom stereocenters. The maximum absolute atomic E-state index is 13.6. The molecule has 0 bridgehead atoms. The molecule has 2 heterocycles. The highest BCUT2D eigenvalue weighted by molar-refractivity contribution is 6.45. The Morgan fingerprint density at radius 1 is 1.07 bits per heavy atom. The lowest BCUT2D eigenvalue weighted by molar-refractivity contribution is -0.120. The van der Waals surface area contributed by atoms with Crippen molar-refractivity contribution in [3.8, 4) is 5.75 Å². The van der Waals surface area contributed by atoms with Crippen LogP contribution in [0.1, 0.15) is 30.9 Å². The second-order valence-electron chi connectivity index (χ2n) is 8.02. The first-order valence-corrected chi connectivity index (χ1v) is 10.6. The number of nitrogens with zero attached hydrogens (tertiary/aromatic N) is 2. The molecule has 0 spiro atoms. The highest BCUT2D eigenvalue weighted by atomic mass is 35.5. The number of methoxy groups -OCH3 is 1. The fraction of sp³-hybridized carbons (Fsp3) is 0.333. The van der Waals surface area contributed by atoms with Gasteiger partial charge in [0, 0.05) is 18.1 Å². The quantitative estimate of drug-likeness (QED) is 0.669. The molecule has 5 nitrogen and oxygen atoms in total. The molecule has 0 N–H and O–H groups in total. The molecule has 2 aliphatic heterocycles. The van der Waals surface area contributed by atoms with Gasteiger partial charge in [0.2, 0.25) is 0 Å². The molecule has 0 saturated carbocycles. The average Bonchev–Trinajstić information content (AvgIpc) is 3.00. The van der Waals surface area contributed by atoms with E-state index in [-0.39, 0.29) is 11.8 Å². The Hall–Kier alpha value is -2.79. The second-order valence-corrected chi connectivity index (χ2v) is 8.46. The van der Waals surface area contributed by atoms with Crippen LogP contribution in [-0.2, 0) is 9.59 Å². The van der Waals surface area contributed by atoms with Crippen molar-refractivity contribution in [3.63, 3.8) is 0 Å². The number of hydrogen-bond acceptors (Lipinski definition) is 4. The number of rotatable bonds is 4. The molecule has 156 valence electrons. The standard InChI is InChI=1S/C24H25ClN2O3/c1-15-5-4-12-26(14-15)22-21(17-7-10-19(30-3)11-8-17)23(28)27(24(22)29)20-13-18(25)9-6-16(20)2/h6-11,13,15H,4-5,12,14H2,1-3H3. The van der Waals surface area contributed by atoms with Crippen LogP contribution in [-0.4, -0.2) is 36.9 Å². The van der Waals surface area contributed by atoms with Crippen LogP contribution in [0, 0.1) is 12.8 Å². The van der Waals surface area contributed by atoms with Gasteiger partial charge in [-0.15, -0.1) is 0 Å². The van der Waals surface area contributed by atoms with Gasteiger partial charge in [0.1, 0.15) is 11.4 Å². The summed E-state index contributed by atoms with van der Waals surface area (Å²) >= 11 is 6.19. The van der Waals surface area contributed by atoms with E-state index in [1.54, 1.807) is 19.2 Å². The first-order valence-electron chi connectivity index (χ1n) is 10.2. The molecule has 4 rings (SSSR count). The van der Waals surface area contributed by atoms with E-state index in [0.29, 0.717) is 39.2 Å². The number of imide groups is 1. The Morgan fingerprint density at radius 2 is 1.80 bits per heavy atom. The molecule has 1 atom stereocenters. The van der Waals surface area contributed by atoms with E-state index in [1.807, 2.05) is 37.3 Å². The van der Waals surface area contributed by atoms with Crippen molar-refractivity contribution < 1.29 is 14.3 Å². The van der Waals surface area contributed by atoms with Crippen molar-refractivity contribution >= 4 is 34.7 Å². The number of likely N-dealkylation sites (tertiary alicyclic amines) is 1. The number of ether oxygens (including phenoxy) is 1. The third kappa shape index (κ3) is 3.58. The van der Waals surface area contributed by atoms with Crippen LogP contribution < -0.4 is 9.64 Å². The number of carbonyl (C=O) groups excluding carboxylic acids is 2. The SMILES string of the molecule is COc1ccc(C2=C(N3CCCC(C)C3)C(=O)N(c3cc(Cl)ccc3C)C2=O)cc1. The molecule has 2 amide bonds. The van der Waals surface area contributed by atoms with Gasteiger partial charge in [0.25, 0.3) is 11.8 Å². The molecule has 30 heavy (non-hydrogen) atoms.